The summed E-state index contributed by atoms with van der Waals surface area (Å²) < 4.78 is 1.86. The normalized spacial score (nSPS) is 19.5. The SMILES string of the molecule is CNC(=O)C(CCC=O)c1nn(C)c2cc(C3CCN(C4CCN(C=O)CC4)CC3)ccc12. The Labute approximate surface area is 195 Å². The highest BCUT2D eigenvalue weighted by molar-refractivity contribution is 5.91. The molecule has 0 spiro atoms. The van der Waals surface area contributed by atoms with Gasteiger partial charge in [-0.25, -0.2) is 0 Å². The van der Waals surface area contributed by atoms with Crippen molar-refractivity contribution < 1.29 is 14.4 Å². The molecule has 8 nitrogen and oxygen atoms in total. The molecule has 3 heterocycles. The number of benzene rings is 1. The van der Waals surface area contributed by atoms with Crippen LogP contribution < -0.4 is 5.32 Å². The maximum absolute atomic E-state index is 12.5. The van der Waals surface area contributed by atoms with Crippen molar-refractivity contribution in [3.8, 4) is 0 Å². The van der Waals surface area contributed by atoms with Crippen LogP contribution in [0.25, 0.3) is 10.9 Å². The number of piperidine rings is 2. The van der Waals surface area contributed by atoms with E-state index in [0.29, 0.717) is 24.8 Å². The van der Waals surface area contributed by atoms with E-state index in [4.69, 9.17) is 0 Å². The van der Waals surface area contributed by atoms with Crippen molar-refractivity contribution in [2.24, 2.45) is 7.05 Å². The van der Waals surface area contributed by atoms with E-state index in [9.17, 15) is 14.4 Å². The summed E-state index contributed by atoms with van der Waals surface area (Å²) in [5.41, 5.74) is 3.11. The van der Waals surface area contributed by atoms with Crippen LogP contribution >= 0.6 is 0 Å². The Morgan fingerprint density at radius 1 is 1.15 bits per heavy atom. The number of carbonyl (C=O) groups excluding carboxylic acids is 3. The number of hydrogen-bond donors (Lipinski definition) is 1. The van der Waals surface area contributed by atoms with Crippen LogP contribution in [0.15, 0.2) is 18.2 Å². The summed E-state index contributed by atoms with van der Waals surface area (Å²) >= 11 is 0. The van der Waals surface area contributed by atoms with Gasteiger partial charge < -0.3 is 19.9 Å². The molecule has 8 heteroatoms. The topological polar surface area (TPSA) is 87.5 Å². The molecule has 1 unspecified atom stereocenters. The molecule has 0 saturated carbocycles. The van der Waals surface area contributed by atoms with Crippen LogP contribution in [0.4, 0.5) is 0 Å². The Balaban J connectivity index is 1.47. The summed E-state index contributed by atoms with van der Waals surface area (Å²) in [6, 6.07) is 7.12. The van der Waals surface area contributed by atoms with Crippen LogP contribution in [-0.4, -0.2) is 77.5 Å². The average molecular weight is 454 g/mol. The second-order valence-corrected chi connectivity index (χ2v) is 9.38. The van der Waals surface area contributed by atoms with Gasteiger partial charge in [0, 0.05) is 45.0 Å². The second-order valence-electron chi connectivity index (χ2n) is 9.38. The van der Waals surface area contributed by atoms with Crippen molar-refractivity contribution in [3.63, 3.8) is 0 Å². The molecule has 2 fully saturated rings. The molecular formula is C25H35N5O3. The van der Waals surface area contributed by atoms with Crippen molar-refractivity contribution in [3.05, 3.63) is 29.5 Å². The number of rotatable bonds is 8. The molecule has 2 aliphatic rings. The highest BCUT2D eigenvalue weighted by atomic mass is 16.2. The van der Waals surface area contributed by atoms with Gasteiger partial charge in [-0.3, -0.25) is 14.3 Å². The molecule has 2 aromatic rings. The number of likely N-dealkylation sites (N-methyl/N-ethyl adjacent to an activating group) is 1. The smallest absolute Gasteiger partial charge is 0.228 e. The van der Waals surface area contributed by atoms with Gasteiger partial charge in [0.05, 0.1) is 17.1 Å². The van der Waals surface area contributed by atoms with Gasteiger partial charge in [-0.2, -0.15) is 5.10 Å². The van der Waals surface area contributed by atoms with Crippen molar-refractivity contribution in [1.82, 2.24) is 24.9 Å². The highest BCUT2D eigenvalue weighted by Gasteiger charge is 2.29. The molecule has 2 saturated heterocycles. The Bertz CT molecular complexity index is 987. The minimum atomic E-state index is -0.427. The van der Waals surface area contributed by atoms with E-state index >= 15 is 0 Å². The van der Waals surface area contributed by atoms with E-state index in [1.807, 2.05) is 16.6 Å². The minimum absolute atomic E-state index is 0.104. The third kappa shape index (κ3) is 4.95. The Morgan fingerprint density at radius 3 is 2.52 bits per heavy atom. The lowest BCUT2D eigenvalue weighted by Crippen LogP contribution is -2.47. The highest BCUT2D eigenvalue weighted by Crippen LogP contribution is 2.34. The van der Waals surface area contributed by atoms with Gasteiger partial charge in [0.25, 0.3) is 0 Å². The summed E-state index contributed by atoms with van der Waals surface area (Å²) in [4.78, 5) is 38.9. The first-order chi connectivity index (χ1) is 16.0. The number of nitrogens with zero attached hydrogens (tertiary/aromatic N) is 4. The molecular weight excluding hydrogens is 418 g/mol. The zero-order valence-electron chi connectivity index (χ0n) is 19.7. The molecule has 1 aromatic heterocycles. The largest absolute Gasteiger partial charge is 0.359 e. The Kier molecular flexibility index (Phi) is 7.42. The fourth-order valence-electron chi connectivity index (χ4n) is 5.57. The number of nitrogens with one attached hydrogen (secondary N) is 1. The van der Waals surface area contributed by atoms with E-state index in [-0.39, 0.29) is 5.91 Å². The first-order valence-corrected chi connectivity index (χ1v) is 12.1. The zero-order valence-corrected chi connectivity index (χ0v) is 19.7. The molecule has 1 N–H and O–H groups in total. The third-order valence-corrected chi connectivity index (χ3v) is 7.54. The first kappa shape index (κ1) is 23.4. The van der Waals surface area contributed by atoms with Crippen LogP contribution in [0.1, 0.15) is 61.6 Å². The molecule has 2 aliphatic heterocycles. The number of fused-ring (bicyclic) bond motifs is 1. The van der Waals surface area contributed by atoms with Crippen LogP contribution in [0.5, 0.6) is 0 Å². The van der Waals surface area contributed by atoms with E-state index < -0.39 is 5.92 Å². The van der Waals surface area contributed by atoms with Gasteiger partial charge in [0.2, 0.25) is 12.3 Å². The molecule has 2 amide bonds. The molecule has 0 radical (unpaired) electrons. The van der Waals surface area contributed by atoms with Gasteiger partial charge in [-0.1, -0.05) is 12.1 Å². The molecule has 33 heavy (non-hydrogen) atoms. The lowest BCUT2D eigenvalue weighted by molar-refractivity contribution is -0.122. The number of hydrogen-bond acceptors (Lipinski definition) is 5. The number of aromatic nitrogens is 2. The maximum Gasteiger partial charge on any atom is 0.228 e. The third-order valence-electron chi connectivity index (χ3n) is 7.54. The van der Waals surface area contributed by atoms with Crippen molar-refractivity contribution in [2.75, 3.05) is 33.2 Å². The van der Waals surface area contributed by atoms with Crippen molar-refractivity contribution >= 4 is 29.5 Å². The van der Waals surface area contributed by atoms with E-state index in [2.05, 4.69) is 33.5 Å². The number of amides is 2. The number of carbonyl (C=O) groups is 3. The Morgan fingerprint density at radius 2 is 1.88 bits per heavy atom. The zero-order chi connectivity index (χ0) is 23.4. The van der Waals surface area contributed by atoms with Crippen molar-refractivity contribution in [2.45, 2.75) is 56.4 Å². The summed E-state index contributed by atoms with van der Waals surface area (Å²) in [6.07, 6.45) is 7.03. The van der Waals surface area contributed by atoms with Crippen LogP contribution in [-0.2, 0) is 21.4 Å². The number of likely N-dealkylation sites (tertiary alicyclic amines) is 2. The van der Waals surface area contributed by atoms with Gasteiger partial charge in [0.15, 0.2) is 0 Å². The summed E-state index contributed by atoms with van der Waals surface area (Å²) in [6.45, 7) is 3.93. The van der Waals surface area contributed by atoms with Gasteiger partial charge >= 0.3 is 0 Å². The van der Waals surface area contributed by atoms with Crippen LogP contribution in [0.3, 0.4) is 0 Å². The van der Waals surface area contributed by atoms with Gasteiger partial charge in [-0.05, 0) is 62.7 Å². The van der Waals surface area contributed by atoms with E-state index in [0.717, 1.165) is 81.2 Å². The molecule has 1 atom stereocenters. The van der Waals surface area contributed by atoms with Crippen molar-refractivity contribution in [1.29, 1.82) is 0 Å². The molecule has 178 valence electrons. The predicted octanol–water partition coefficient (Wildman–Crippen LogP) is 2.18. The maximum atomic E-state index is 12.5. The monoisotopic (exact) mass is 453 g/mol. The Hall–Kier alpha value is -2.74. The lowest BCUT2D eigenvalue weighted by atomic mass is 9.87. The fourth-order valence-corrected chi connectivity index (χ4v) is 5.57. The van der Waals surface area contributed by atoms with E-state index in [1.165, 1.54) is 5.56 Å². The fraction of sp³-hybridized carbons (Fsp3) is 0.600. The lowest BCUT2D eigenvalue weighted by Gasteiger charge is -2.41. The predicted molar refractivity (Wildman–Crippen MR) is 127 cm³/mol. The molecule has 4 rings (SSSR count). The first-order valence-electron chi connectivity index (χ1n) is 12.1. The average Bonchev–Trinajstić information content (AvgIpc) is 3.19. The number of aldehydes is 1. The standard InChI is InChI=1S/C25H35N5O3/c1-26-25(33)22(4-3-15-31)24-21-6-5-19(16-23(21)28(2)27-24)18-7-13-30(14-8-18)20-9-11-29(17-32)12-10-20/h5-6,15-18,20,22H,3-4,7-14H2,1-2H3,(H,26,33). The van der Waals surface area contributed by atoms with Crippen LogP contribution in [0.2, 0.25) is 0 Å². The van der Waals surface area contributed by atoms with Gasteiger partial charge in [-0.15, -0.1) is 0 Å². The van der Waals surface area contributed by atoms with Crippen LogP contribution in [0, 0.1) is 0 Å². The summed E-state index contributed by atoms with van der Waals surface area (Å²) in [5, 5.41) is 8.39. The molecule has 1 aromatic carbocycles. The quantitative estimate of drug-likeness (QED) is 0.619. The van der Waals surface area contributed by atoms with Gasteiger partial charge in [0.1, 0.15) is 6.29 Å². The number of aryl methyl sites for hydroxylation is 1. The summed E-state index contributed by atoms with van der Waals surface area (Å²) in [7, 11) is 3.54. The second kappa shape index (κ2) is 10.5. The summed E-state index contributed by atoms with van der Waals surface area (Å²) in [5.74, 6) is -0.0141. The molecule has 0 bridgehead atoms. The molecule has 0 aliphatic carbocycles. The minimum Gasteiger partial charge on any atom is -0.359 e. The van der Waals surface area contributed by atoms with E-state index in [1.54, 1.807) is 7.05 Å².